The van der Waals surface area contributed by atoms with Crippen molar-refractivity contribution in [1.82, 2.24) is 14.6 Å². The van der Waals surface area contributed by atoms with Gasteiger partial charge in [0.1, 0.15) is 11.6 Å². The summed E-state index contributed by atoms with van der Waals surface area (Å²) in [4.78, 5) is 0. The van der Waals surface area contributed by atoms with Crippen molar-refractivity contribution in [3.05, 3.63) is 58.5 Å². The molecular formula is C14H10BrF2N3O. The maximum atomic E-state index is 12.4. The highest BCUT2D eigenvalue weighted by atomic mass is 79.9. The van der Waals surface area contributed by atoms with E-state index in [-0.39, 0.29) is 5.75 Å². The number of fused-ring (bicyclic) bond motifs is 1. The maximum absolute atomic E-state index is 12.4. The zero-order chi connectivity index (χ0) is 14.8. The first kappa shape index (κ1) is 13.9. The molecule has 2 heterocycles. The van der Waals surface area contributed by atoms with Crippen LogP contribution in [0.4, 0.5) is 8.78 Å². The van der Waals surface area contributed by atoms with E-state index in [9.17, 15) is 8.78 Å². The van der Waals surface area contributed by atoms with Crippen molar-refractivity contribution in [2.75, 3.05) is 0 Å². The molecule has 0 amide bonds. The molecule has 3 rings (SSSR count). The Morgan fingerprint density at radius 2 is 1.95 bits per heavy atom. The average Bonchev–Trinajstić information content (AvgIpc) is 2.83. The number of pyridine rings is 1. The van der Waals surface area contributed by atoms with E-state index in [0.29, 0.717) is 23.5 Å². The van der Waals surface area contributed by atoms with Gasteiger partial charge in [-0.2, -0.15) is 8.78 Å². The number of alkyl halides is 2. The Kier molecular flexibility index (Phi) is 3.83. The highest BCUT2D eigenvalue weighted by molar-refractivity contribution is 9.10. The highest BCUT2D eigenvalue weighted by Crippen LogP contribution is 2.23. The third-order valence-corrected chi connectivity index (χ3v) is 3.44. The van der Waals surface area contributed by atoms with E-state index in [0.717, 1.165) is 4.47 Å². The molecule has 0 aliphatic carbocycles. The minimum atomic E-state index is -2.85. The van der Waals surface area contributed by atoms with Gasteiger partial charge in [-0.25, -0.2) is 0 Å². The molecule has 0 radical (unpaired) electrons. The van der Waals surface area contributed by atoms with Crippen LogP contribution in [0, 0.1) is 0 Å². The molecule has 3 aromatic rings. The van der Waals surface area contributed by atoms with E-state index < -0.39 is 6.61 Å². The van der Waals surface area contributed by atoms with Crippen LogP contribution in [0.15, 0.2) is 47.1 Å². The van der Waals surface area contributed by atoms with Crippen molar-refractivity contribution in [3.63, 3.8) is 0 Å². The fourth-order valence-electron chi connectivity index (χ4n) is 2.06. The number of para-hydroxylation sites is 1. The van der Waals surface area contributed by atoms with Crippen LogP contribution >= 0.6 is 15.9 Å². The van der Waals surface area contributed by atoms with Gasteiger partial charge in [-0.1, -0.05) is 18.2 Å². The number of benzene rings is 1. The van der Waals surface area contributed by atoms with Crippen LogP contribution in [0.3, 0.4) is 0 Å². The van der Waals surface area contributed by atoms with Crippen LogP contribution in [0.5, 0.6) is 5.75 Å². The number of hydrogen-bond donors (Lipinski definition) is 0. The van der Waals surface area contributed by atoms with Crippen molar-refractivity contribution < 1.29 is 13.5 Å². The third-order valence-electron chi connectivity index (χ3n) is 2.97. The minimum absolute atomic E-state index is 0.152. The molecule has 7 heteroatoms. The molecule has 21 heavy (non-hydrogen) atoms. The summed E-state index contributed by atoms with van der Waals surface area (Å²) in [6, 6.07) is 10.4. The second-order valence-electron chi connectivity index (χ2n) is 4.35. The van der Waals surface area contributed by atoms with Crippen molar-refractivity contribution >= 4 is 21.6 Å². The number of rotatable bonds is 4. The highest BCUT2D eigenvalue weighted by Gasteiger charge is 2.13. The molecule has 0 spiro atoms. The van der Waals surface area contributed by atoms with Gasteiger partial charge in [0, 0.05) is 22.7 Å². The Bertz CT molecular complexity index is 776. The van der Waals surface area contributed by atoms with Gasteiger partial charge in [0.05, 0.1) is 0 Å². The lowest BCUT2D eigenvalue weighted by molar-refractivity contribution is -0.0504. The van der Waals surface area contributed by atoms with Crippen LogP contribution in [0.1, 0.15) is 11.4 Å². The molecule has 0 aliphatic rings. The lowest BCUT2D eigenvalue weighted by atomic mass is 10.1. The SMILES string of the molecule is FC(F)Oc1ccccc1Cc1nnc2ccc(Br)cn12. The molecule has 0 N–H and O–H groups in total. The summed E-state index contributed by atoms with van der Waals surface area (Å²) in [5.41, 5.74) is 1.33. The average molecular weight is 354 g/mol. The van der Waals surface area contributed by atoms with Gasteiger partial charge in [0.15, 0.2) is 5.65 Å². The van der Waals surface area contributed by atoms with Gasteiger partial charge in [-0.05, 0) is 34.1 Å². The van der Waals surface area contributed by atoms with Crippen molar-refractivity contribution in [2.24, 2.45) is 0 Å². The first-order valence-electron chi connectivity index (χ1n) is 6.15. The Labute approximate surface area is 127 Å². The van der Waals surface area contributed by atoms with Crippen LogP contribution in [-0.4, -0.2) is 21.2 Å². The Morgan fingerprint density at radius 3 is 2.76 bits per heavy atom. The van der Waals surface area contributed by atoms with Crippen molar-refractivity contribution in [1.29, 1.82) is 0 Å². The molecular weight excluding hydrogens is 344 g/mol. The smallest absolute Gasteiger partial charge is 0.387 e. The summed E-state index contributed by atoms with van der Waals surface area (Å²) in [6.45, 7) is -2.85. The summed E-state index contributed by atoms with van der Waals surface area (Å²) in [6.07, 6.45) is 2.18. The Hall–Kier alpha value is -2.02. The molecule has 0 unspecified atom stereocenters. The molecule has 0 bridgehead atoms. The van der Waals surface area contributed by atoms with Crippen molar-refractivity contribution in [3.8, 4) is 5.75 Å². The summed E-state index contributed by atoms with van der Waals surface area (Å²) in [5, 5.41) is 8.15. The van der Waals surface area contributed by atoms with Crippen molar-refractivity contribution in [2.45, 2.75) is 13.0 Å². The van der Waals surface area contributed by atoms with Gasteiger partial charge < -0.3 is 4.74 Å². The monoisotopic (exact) mass is 353 g/mol. The standard InChI is InChI=1S/C14H10BrF2N3O/c15-10-5-6-12-18-19-13(20(12)8-10)7-9-3-1-2-4-11(9)21-14(16)17/h1-6,8,14H,7H2. The number of ether oxygens (including phenoxy) is 1. The third kappa shape index (κ3) is 3.02. The number of nitrogens with zero attached hydrogens (tertiary/aromatic N) is 3. The minimum Gasteiger partial charge on any atom is -0.435 e. The van der Waals surface area contributed by atoms with Gasteiger partial charge in [-0.15, -0.1) is 10.2 Å². The molecule has 1 aromatic carbocycles. The number of hydrogen-bond acceptors (Lipinski definition) is 3. The van der Waals surface area contributed by atoms with Crippen LogP contribution in [0.2, 0.25) is 0 Å². The van der Waals surface area contributed by atoms with E-state index in [1.165, 1.54) is 6.07 Å². The first-order valence-corrected chi connectivity index (χ1v) is 6.94. The van der Waals surface area contributed by atoms with E-state index in [2.05, 4.69) is 30.9 Å². The largest absolute Gasteiger partial charge is 0.435 e. The number of aromatic nitrogens is 3. The second-order valence-corrected chi connectivity index (χ2v) is 5.27. The van der Waals surface area contributed by atoms with Gasteiger partial charge in [-0.3, -0.25) is 4.40 Å². The summed E-state index contributed by atoms with van der Waals surface area (Å²) < 4.78 is 32.1. The summed E-state index contributed by atoms with van der Waals surface area (Å²) in [7, 11) is 0. The lowest BCUT2D eigenvalue weighted by Crippen LogP contribution is -2.05. The molecule has 0 atom stereocenters. The Morgan fingerprint density at radius 1 is 1.14 bits per heavy atom. The molecule has 0 saturated carbocycles. The normalized spacial score (nSPS) is 11.2. The van der Waals surface area contributed by atoms with Gasteiger partial charge in [0.25, 0.3) is 0 Å². The summed E-state index contributed by atoms with van der Waals surface area (Å²) >= 11 is 3.38. The van der Waals surface area contributed by atoms with Crippen LogP contribution < -0.4 is 4.74 Å². The van der Waals surface area contributed by atoms with Gasteiger partial charge in [0.2, 0.25) is 0 Å². The fraction of sp³-hybridized carbons (Fsp3) is 0.143. The molecule has 2 aromatic heterocycles. The van der Waals surface area contributed by atoms with E-state index in [4.69, 9.17) is 0 Å². The number of halogens is 3. The van der Waals surface area contributed by atoms with E-state index in [1.807, 2.05) is 22.7 Å². The summed E-state index contributed by atoms with van der Waals surface area (Å²) in [5.74, 6) is 0.802. The molecule has 0 aliphatic heterocycles. The van der Waals surface area contributed by atoms with E-state index >= 15 is 0 Å². The van der Waals surface area contributed by atoms with Crippen LogP contribution in [-0.2, 0) is 6.42 Å². The Balaban J connectivity index is 1.97. The van der Waals surface area contributed by atoms with Gasteiger partial charge >= 0.3 is 6.61 Å². The lowest BCUT2D eigenvalue weighted by Gasteiger charge is -2.09. The zero-order valence-corrected chi connectivity index (χ0v) is 12.3. The zero-order valence-electron chi connectivity index (χ0n) is 10.7. The molecule has 0 saturated heterocycles. The second kappa shape index (κ2) is 5.77. The fourth-order valence-corrected chi connectivity index (χ4v) is 2.40. The van der Waals surface area contributed by atoms with Crippen LogP contribution in [0.25, 0.3) is 5.65 Å². The predicted molar refractivity (Wildman–Crippen MR) is 76.6 cm³/mol. The quantitative estimate of drug-likeness (QED) is 0.718. The topological polar surface area (TPSA) is 39.4 Å². The molecule has 0 fully saturated rings. The molecule has 108 valence electrons. The molecule has 4 nitrogen and oxygen atoms in total. The predicted octanol–water partition coefficient (Wildman–Crippen LogP) is 3.68. The van der Waals surface area contributed by atoms with E-state index in [1.54, 1.807) is 18.2 Å². The first-order chi connectivity index (χ1) is 10.1. The maximum Gasteiger partial charge on any atom is 0.387 e.